The maximum atomic E-state index is 13.0. The summed E-state index contributed by atoms with van der Waals surface area (Å²) in [7, 11) is 0. The van der Waals surface area contributed by atoms with Gasteiger partial charge in [0.25, 0.3) is 0 Å². The van der Waals surface area contributed by atoms with Crippen LogP contribution >= 0.6 is 0 Å². The summed E-state index contributed by atoms with van der Waals surface area (Å²) in [4.78, 5) is 38.0. The summed E-state index contributed by atoms with van der Waals surface area (Å²) < 4.78 is 5.29. The second-order valence-corrected chi connectivity index (χ2v) is 9.77. The molecule has 0 unspecified atom stereocenters. The van der Waals surface area contributed by atoms with E-state index in [1.54, 1.807) is 33.0 Å². The highest BCUT2D eigenvalue weighted by Gasteiger charge is 2.29. The first-order valence-electron chi connectivity index (χ1n) is 11.2. The zero-order valence-electron chi connectivity index (χ0n) is 20.4. The number of ether oxygens (including phenoxy) is 1. The van der Waals surface area contributed by atoms with Crippen LogP contribution in [-0.4, -0.2) is 35.6 Å². The lowest BCUT2D eigenvalue weighted by Gasteiger charge is -2.26. The summed E-state index contributed by atoms with van der Waals surface area (Å²) in [6, 6.07) is 8.07. The molecule has 32 heavy (non-hydrogen) atoms. The van der Waals surface area contributed by atoms with Crippen LogP contribution in [0.2, 0.25) is 0 Å². The molecule has 1 rings (SSSR count). The standard InChI is InChI=1S/C25H39N3O4/c1-17(2)15-20(22(29)26-14-13-19-11-9-8-10-12-19)27-23(30)21(16-18(3)4)28-24(31)32-25(5,6)7/h8-14,17-18,20-21H,15-16H2,1-7H3,(H,26,29)(H,27,30)(H,28,31)/b14-13+/t20-,21-/m0/s1. The minimum absolute atomic E-state index is 0.159. The molecular weight excluding hydrogens is 406 g/mol. The number of nitrogens with one attached hydrogen (secondary N) is 3. The molecular formula is C25H39N3O4. The molecule has 7 nitrogen and oxygen atoms in total. The van der Waals surface area contributed by atoms with Crippen molar-refractivity contribution in [1.82, 2.24) is 16.0 Å². The first kappa shape index (κ1) is 27.2. The molecule has 0 bridgehead atoms. The van der Waals surface area contributed by atoms with Crippen molar-refractivity contribution in [2.45, 2.75) is 79.0 Å². The van der Waals surface area contributed by atoms with Gasteiger partial charge in [-0.25, -0.2) is 4.79 Å². The fraction of sp³-hybridized carbons (Fsp3) is 0.560. The van der Waals surface area contributed by atoms with Gasteiger partial charge < -0.3 is 20.7 Å². The van der Waals surface area contributed by atoms with Crippen LogP contribution < -0.4 is 16.0 Å². The van der Waals surface area contributed by atoms with Crippen LogP contribution in [0.5, 0.6) is 0 Å². The number of carbonyl (C=O) groups excluding carboxylic acids is 3. The predicted molar refractivity (Wildman–Crippen MR) is 128 cm³/mol. The van der Waals surface area contributed by atoms with Gasteiger partial charge in [0.05, 0.1) is 0 Å². The van der Waals surface area contributed by atoms with Crippen LogP contribution in [0.25, 0.3) is 6.08 Å². The van der Waals surface area contributed by atoms with Gasteiger partial charge in [0, 0.05) is 6.20 Å². The Morgan fingerprint density at radius 1 is 0.875 bits per heavy atom. The summed E-state index contributed by atoms with van der Waals surface area (Å²) in [5, 5.41) is 8.21. The fourth-order valence-corrected chi connectivity index (χ4v) is 3.01. The Labute approximate surface area is 192 Å². The van der Waals surface area contributed by atoms with E-state index in [1.165, 1.54) is 0 Å². The van der Waals surface area contributed by atoms with E-state index in [9.17, 15) is 14.4 Å². The van der Waals surface area contributed by atoms with Gasteiger partial charge in [0.1, 0.15) is 17.7 Å². The van der Waals surface area contributed by atoms with Gasteiger partial charge in [-0.2, -0.15) is 0 Å². The normalized spacial score (nSPS) is 13.7. The lowest BCUT2D eigenvalue weighted by atomic mass is 10.00. The number of amides is 3. The van der Waals surface area contributed by atoms with E-state index in [0.717, 1.165) is 5.56 Å². The van der Waals surface area contributed by atoms with Crippen LogP contribution in [0.1, 0.15) is 66.9 Å². The Morgan fingerprint density at radius 3 is 1.91 bits per heavy atom. The number of rotatable bonds is 10. The molecule has 0 aliphatic rings. The molecule has 7 heteroatoms. The minimum atomic E-state index is -0.799. The summed E-state index contributed by atoms with van der Waals surface area (Å²) in [5.41, 5.74) is 0.282. The predicted octanol–water partition coefficient (Wildman–Crippen LogP) is 4.24. The third kappa shape index (κ3) is 11.5. The van der Waals surface area contributed by atoms with Gasteiger partial charge in [-0.05, 0) is 57.1 Å². The van der Waals surface area contributed by atoms with Crippen molar-refractivity contribution in [3.05, 3.63) is 42.1 Å². The van der Waals surface area contributed by atoms with Crippen LogP contribution in [0, 0.1) is 11.8 Å². The number of benzene rings is 1. The molecule has 0 aliphatic carbocycles. The molecule has 0 saturated heterocycles. The van der Waals surface area contributed by atoms with Crippen molar-refractivity contribution in [3.63, 3.8) is 0 Å². The molecule has 0 radical (unpaired) electrons. The SMILES string of the molecule is CC(C)C[C@H](NC(=O)OC(C)(C)C)C(=O)N[C@@H](CC(C)C)C(=O)N/C=C/c1ccccc1. The molecule has 178 valence electrons. The average molecular weight is 446 g/mol. The monoisotopic (exact) mass is 445 g/mol. The maximum absolute atomic E-state index is 13.0. The van der Waals surface area contributed by atoms with Crippen LogP contribution in [0.3, 0.4) is 0 Å². The Morgan fingerprint density at radius 2 is 1.41 bits per heavy atom. The highest BCUT2D eigenvalue weighted by atomic mass is 16.6. The number of hydrogen-bond donors (Lipinski definition) is 3. The molecule has 3 N–H and O–H groups in total. The lowest BCUT2D eigenvalue weighted by Crippen LogP contribution is -2.54. The maximum Gasteiger partial charge on any atom is 0.408 e. The van der Waals surface area contributed by atoms with Gasteiger partial charge in [0.2, 0.25) is 11.8 Å². The molecule has 0 fully saturated rings. The smallest absolute Gasteiger partial charge is 0.408 e. The van der Waals surface area contributed by atoms with E-state index in [0.29, 0.717) is 12.8 Å². The highest BCUT2D eigenvalue weighted by molar-refractivity contribution is 5.91. The van der Waals surface area contributed by atoms with Gasteiger partial charge >= 0.3 is 6.09 Å². The Kier molecular flexibility index (Phi) is 11.0. The molecule has 0 heterocycles. The molecule has 2 atom stereocenters. The zero-order valence-corrected chi connectivity index (χ0v) is 20.4. The van der Waals surface area contributed by atoms with E-state index >= 15 is 0 Å². The highest BCUT2D eigenvalue weighted by Crippen LogP contribution is 2.11. The average Bonchev–Trinajstić information content (AvgIpc) is 2.65. The molecule has 0 saturated carbocycles. The van der Waals surface area contributed by atoms with Crippen molar-refractivity contribution < 1.29 is 19.1 Å². The van der Waals surface area contributed by atoms with E-state index in [-0.39, 0.29) is 17.7 Å². The van der Waals surface area contributed by atoms with Crippen molar-refractivity contribution in [2.75, 3.05) is 0 Å². The molecule has 0 aliphatic heterocycles. The summed E-state index contributed by atoms with van der Waals surface area (Å²) in [6.07, 6.45) is 3.60. The largest absolute Gasteiger partial charge is 0.444 e. The molecule has 1 aromatic carbocycles. The van der Waals surface area contributed by atoms with Crippen molar-refractivity contribution in [1.29, 1.82) is 0 Å². The second kappa shape index (κ2) is 12.9. The van der Waals surface area contributed by atoms with Crippen molar-refractivity contribution >= 4 is 24.0 Å². The Bertz CT molecular complexity index is 767. The van der Waals surface area contributed by atoms with Crippen molar-refractivity contribution in [3.8, 4) is 0 Å². The first-order valence-corrected chi connectivity index (χ1v) is 11.2. The van der Waals surface area contributed by atoms with E-state index in [1.807, 2.05) is 58.0 Å². The number of alkyl carbamates (subject to hydrolysis) is 1. The fourth-order valence-electron chi connectivity index (χ4n) is 3.01. The van der Waals surface area contributed by atoms with Gasteiger partial charge in [-0.15, -0.1) is 0 Å². The number of hydrogen-bond acceptors (Lipinski definition) is 4. The number of carbonyl (C=O) groups is 3. The summed E-state index contributed by atoms with van der Waals surface area (Å²) >= 11 is 0. The van der Waals surface area contributed by atoms with Crippen LogP contribution in [0.4, 0.5) is 4.79 Å². The third-order valence-electron chi connectivity index (χ3n) is 4.36. The van der Waals surface area contributed by atoms with E-state index < -0.39 is 29.7 Å². The van der Waals surface area contributed by atoms with Crippen molar-refractivity contribution in [2.24, 2.45) is 11.8 Å². The molecule has 1 aromatic rings. The Balaban J connectivity index is 2.85. The van der Waals surface area contributed by atoms with Crippen LogP contribution in [0.15, 0.2) is 36.5 Å². The van der Waals surface area contributed by atoms with Gasteiger partial charge in [0.15, 0.2) is 0 Å². The molecule has 0 aromatic heterocycles. The van der Waals surface area contributed by atoms with Gasteiger partial charge in [-0.1, -0.05) is 58.0 Å². The topological polar surface area (TPSA) is 96.5 Å². The lowest BCUT2D eigenvalue weighted by molar-refractivity contribution is -0.130. The quantitative estimate of drug-likeness (QED) is 0.502. The Hall–Kier alpha value is -2.83. The van der Waals surface area contributed by atoms with E-state index in [2.05, 4.69) is 16.0 Å². The molecule has 0 spiro atoms. The second-order valence-electron chi connectivity index (χ2n) is 9.77. The van der Waals surface area contributed by atoms with E-state index in [4.69, 9.17) is 4.74 Å². The first-order chi connectivity index (χ1) is 14.9. The summed E-state index contributed by atoms with van der Waals surface area (Å²) in [6.45, 7) is 13.2. The van der Waals surface area contributed by atoms with Gasteiger partial charge in [-0.3, -0.25) is 9.59 Å². The zero-order chi connectivity index (χ0) is 24.3. The van der Waals surface area contributed by atoms with Crippen LogP contribution in [-0.2, 0) is 14.3 Å². The summed E-state index contributed by atoms with van der Waals surface area (Å²) in [5.74, 6) is -0.365. The minimum Gasteiger partial charge on any atom is -0.444 e. The third-order valence-corrected chi connectivity index (χ3v) is 4.36. The molecule has 3 amide bonds.